The van der Waals surface area contributed by atoms with Crippen LogP contribution in [0.4, 0.5) is 0 Å². The lowest BCUT2D eigenvalue weighted by atomic mass is 10.2. The molecular weight excluding hydrogens is 156 g/mol. The maximum absolute atomic E-state index is 10.6. The maximum atomic E-state index is 10.6. The predicted molar refractivity (Wildman–Crippen MR) is 37.4 cm³/mol. The molecule has 0 aromatic rings. The Labute approximate surface area is 61.5 Å². The fourth-order valence-electron chi connectivity index (χ4n) is 0.437. The summed E-state index contributed by atoms with van der Waals surface area (Å²) in [4.78, 5) is 10.6. The molecule has 0 spiro atoms. The van der Waals surface area contributed by atoms with E-state index in [9.17, 15) is 4.79 Å². The number of nitrogens with one attached hydrogen (secondary N) is 1. The summed E-state index contributed by atoms with van der Waals surface area (Å²) in [6.45, 7) is 0. The molecule has 0 aliphatic carbocycles. The number of nitrogens with zero attached hydrogens (tertiary/aromatic N) is 1. The molecule has 1 heterocycles. The van der Waals surface area contributed by atoms with Crippen molar-refractivity contribution in [2.45, 2.75) is 0 Å². The van der Waals surface area contributed by atoms with Crippen molar-refractivity contribution in [2.24, 2.45) is 5.92 Å². The molecule has 1 amide bonds. The summed E-state index contributed by atoms with van der Waals surface area (Å²) in [6, 6.07) is 1.79. The molecular formula is C4H2N2OS2. The fourth-order valence-corrected chi connectivity index (χ4v) is 1.32. The molecule has 0 aromatic carbocycles. The zero-order valence-corrected chi connectivity index (χ0v) is 5.88. The third-order valence-electron chi connectivity index (χ3n) is 0.879. The van der Waals surface area contributed by atoms with E-state index in [-0.39, 0.29) is 5.91 Å². The molecule has 0 saturated carbocycles. The van der Waals surface area contributed by atoms with E-state index in [1.807, 2.05) is 0 Å². The fraction of sp³-hybridized carbons (Fsp3) is 0.250. The van der Waals surface area contributed by atoms with Gasteiger partial charge in [0.25, 0.3) is 5.91 Å². The first-order valence-corrected chi connectivity index (χ1v) is 3.38. The smallest absolute Gasteiger partial charge is 0.253 e. The summed E-state index contributed by atoms with van der Waals surface area (Å²) in [6.07, 6.45) is 0. The van der Waals surface area contributed by atoms with E-state index in [1.54, 1.807) is 6.07 Å². The Balaban J connectivity index is 2.81. The Morgan fingerprint density at radius 1 is 1.89 bits per heavy atom. The molecule has 1 N–H and O–H groups in total. The van der Waals surface area contributed by atoms with Gasteiger partial charge in [-0.05, 0) is 11.9 Å². The molecule has 5 heteroatoms. The summed E-state index contributed by atoms with van der Waals surface area (Å²) < 4.78 is 2.80. The van der Waals surface area contributed by atoms with Crippen LogP contribution in [0.15, 0.2) is 0 Å². The van der Waals surface area contributed by atoms with E-state index in [2.05, 4.69) is 16.9 Å². The number of carbonyl (C=O) groups is 1. The number of nitriles is 1. The van der Waals surface area contributed by atoms with Gasteiger partial charge in [-0.25, -0.2) is 0 Å². The summed E-state index contributed by atoms with van der Waals surface area (Å²) in [5.41, 5.74) is 0. The molecule has 1 aliphatic heterocycles. The first kappa shape index (κ1) is 6.52. The van der Waals surface area contributed by atoms with Crippen LogP contribution in [0.1, 0.15) is 0 Å². The van der Waals surface area contributed by atoms with Gasteiger partial charge >= 0.3 is 0 Å². The molecule has 0 radical (unpaired) electrons. The number of thiocarbonyl (C=S) groups is 1. The minimum absolute atomic E-state index is 0.299. The second-order valence-electron chi connectivity index (χ2n) is 1.45. The highest BCUT2D eigenvalue weighted by Crippen LogP contribution is 2.17. The van der Waals surface area contributed by atoms with E-state index < -0.39 is 5.92 Å². The molecule has 0 bridgehead atoms. The van der Waals surface area contributed by atoms with Crippen molar-refractivity contribution >= 4 is 34.3 Å². The number of amides is 1. The Hall–Kier alpha value is -0.600. The third-order valence-corrected chi connectivity index (χ3v) is 2.11. The van der Waals surface area contributed by atoms with Gasteiger partial charge in [-0.2, -0.15) is 5.26 Å². The Morgan fingerprint density at radius 3 is 2.78 bits per heavy atom. The van der Waals surface area contributed by atoms with Crippen molar-refractivity contribution in [3.63, 3.8) is 0 Å². The minimum atomic E-state index is -0.718. The highest BCUT2D eigenvalue weighted by atomic mass is 32.2. The predicted octanol–water partition coefficient (Wildman–Crippen LogP) is 0.232. The van der Waals surface area contributed by atoms with Crippen molar-refractivity contribution in [1.82, 2.24) is 4.72 Å². The number of carbonyl (C=O) groups excluding carboxylic acids is 1. The largest absolute Gasteiger partial charge is 0.294 e. The molecule has 3 nitrogen and oxygen atoms in total. The van der Waals surface area contributed by atoms with Crippen LogP contribution in [0.2, 0.25) is 0 Å². The Morgan fingerprint density at radius 2 is 2.56 bits per heavy atom. The summed E-state index contributed by atoms with van der Waals surface area (Å²) in [5, 5.41) is 8.30. The van der Waals surface area contributed by atoms with Gasteiger partial charge in [-0.15, -0.1) is 0 Å². The first-order chi connectivity index (χ1) is 4.25. The van der Waals surface area contributed by atoms with Crippen LogP contribution in [0.25, 0.3) is 0 Å². The van der Waals surface area contributed by atoms with Crippen LogP contribution in [-0.4, -0.2) is 10.1 Å². The van der Waals surface area contributed by atoms with Crippen molar-refractivity contribution < 1.29 is 4.79 Å². The molecule has 9 heavy (non-hydrogen) atoms. The molecule has 1 atom stereocenters. The lowest BCUT2D eigenvalue weighted by Crippen LogP contribution is -2.16. The van der Waals surface area contributed by atoms with Gasteiger partial charge in [-0.1, -0.05) is 12.2 Å². The monoisotopic (exact) mass is 158 g/mol. The summed E-state index contributed by atoms with van der Waals surface area (Å²) in [5.74, 6) is -1.02. The quantitative estimate of drug-likeness (QED) is 0.405. The number of rotatable bonds is 0. The third kappa shape index (κ3) is 1.04. The Kier molecular flexibility index (Phi) is 1.69. The lowest BCUT2D eigenvalue weighted by Gasteiger charge is -1.86. The van der Waals surface area contributed by atoms with Crippen LogP contribution < -0.4 is 4.72 Å². The standard InChI is InChI=1S/C4H2N2OS2/c5-1-2-3(7)6-9-4(2)8/h2H,(H,6,7). The van der Waals surface area contributed by atoms with Crippen LogP contribution in [0.3, 0.4) is 0 Å². The molecule has 0 aromatic heterocycles. The average Bonchev–Trinajstić information content (AvgIpc) is 2.12. The van der Waals surface area contributed by atoms with Gasteiger partial charge in [0.1, 0.15) is 0 Å². The van der Waals surface area contributed by atoms with Crippen LogP contribution in [0.5, 0.6) is 0 Å². The van der Waals surface area contributed by atoms with Crippen LogP contribution in [-0.2, 0) is 4.79 Å². The van der Waals surface area contributed by atoms with E-state index in [0.29, 0.717) is 4.20 Å². The van der Waals surface area contributed by atoms with Crippen molar-refractivity contribution in [2.75, 3.05) is 0 Å². The van der Waals surface area contributed by atoms with E-state index >= 15 is 0 Å². The van der Waals surface area contributed by atoms with Crippen molar-refractivity contribution in [3.8, 4) is 6.07 Å². The van der Waals surface area contributed by atoms with Crippen molar-refractivity contribution in [3.05, 3.63) is 0 Å². The SMILES string of the molecule is N#CC1C(=O)NSC1=S. The zero-order valence-electron chi connectivity index (χ0n) is 4.25. The van der Waals surface area contributed by atoms with E-state index in [1.165, 1.54) is 0 Å². The van der Waals surface area contributed by atoms with Crippen LogP contribution in [0, 0.1) is 17.2 Å². The van der Waals surface area contributed by atoms with Gasteiger partial charge < -0.3 is 0 Å². The molecule has 46 valence electrons. The first-order valence-electron chi connectivity index (χ1n) is 2.16. The number of hydrogen-bond acceptors (Lipinski definition) is 4. The highest BCUT2D eigenvalue weighted by molar-refractivity contribution is 8.22. The Bertz CT molecular complexity index is 191. The summed E-state index contributed by atoms with van der Waals surface area (Å²) >= 11 is 5.72. The molecule has 1 unspecified atom stereocenters. The average molecular weight is 158 g/mol. The van der Waals surface area contributed by atoms with Gasteiger partial charge in [0.05, 0.1) is 10.3 Å². The summed E-state index contributed by atoms with van der Waals surface area (Å²) in [7, 11) is 0. The molecule has 1 fully saturated rings. The lowest BCUT2D eigenvalue weighted by molar-refractivity contribution is -0.119. The maximum Gasteiger partial charge on any atom is 0.253 e. The molecule has 1 aliphatic rings. The van der Waals surface area contributed by atoms with Gasteiger partial charge in [-0.3, -0.25) is 9.52 Å². The van der Waals surface area contributed by atoms with Crippen molar-refractivity contribution in [1.29, 1.82) is 5.26 Å². The van der Waals surface area contributed by atoms with Gasteiger partial charge in [0, 0.05) is 0 Å². The van der Waals surface area contributed by atoms with Gasteiger partial charge in [0.2, 0.25) is 0 Å². The molecule has 1 saturated heterocycles. The van der Waals surface area contributed by atoms with Crippen LogP contribution >= 0.6 is 24.2 Å². The van der Waals surface area contributed by atoms with E-state index in [4.69, 9.17) is 5.26 Å². The minimum Gasteiger partial charge on any atom is -0.294 e. The topological polar surface area (TPSA) is 52.9 Å². The van der Waals surface area contributed by atoms with Gasteiger partial charge in [0.15, 0.2) is 5.92 Å². The zero-order chi connectivity index (χ0) is 6.85. The normalized spacial score (nSPS) is 25.4. The number of hydrogen-bond donors (Lipinski definition) is 1. The van der Waals surface area contributed by atoms with E-state index in [0.717, 1.165) is 11.9 Å². The second-order valence-corrected chi connectivity index (χ2v) is 3.00. The highest BCUT2D eigenvalue weighted by Gasteiger charge is 2.30. The second kappa shape index (κ2) is 2.33. The molecule has 1 rings (SSSR count).